The summed E-state index contributed by atoms with van der Waals surface area (Å²) in [6, 6.07) is 6.26. The van der Waals surface area contributed by atoms with Crippen molar-refractivity contribution in [2.24, 2.45) is 7.05 Å². The molecule has 2 aromatic heterocycles. The van der Waals surface area contributed by atoms with Gasteiger partial charge in [-0.15, -0.1) is 0 Å². The number of fused-ring (bicyclic) bond motifs is 1. The van der Waals surface area contributed by atoms with Gasteiger partial charge in [-0.2, -0.15) is 0 Å². The van der Waals surface area contributed by atoms with Crippen LogP contribution in [-0.4, -0.2) is 14.5 Å². The van der Waals surface area contributed by atoms with E-state index < -0.39 is 0 Å². The molecule has 1 aromatic carbocycles. The van der Waals surface area contributed by atoms with E-state index in [1.165, 1.54) is 12.1 Å². The van der Waals surface area contributed by atoms with Crippen LogP contribution in [0.2, 0.25) is 0 Å². The molecule has 3 rings (SSSR count). The molecule has 0 atom stereocenters. The highest BCUT2D eigenvalue weighted by Gasteiger charge is 2.14. The summed E-state index contributed by atoms with van der Waals surface area (Å²) in [5, 5.41) is 1.04. The predicted molar refractivity (Wildman–Crippen MR) is 81.0 cm³/mol. The molecule has 0 aliphatic rings. The lowest BCUT2D eigenvalue weighted by Crippen LogP contribution is -1.98. The second-order valence-corrected chi connectivity index (χ2v) is 5.50. The SMILES string of the molecule is CCc1nc(-c2ccc(F)cc2)nc2c1c(Br)cn2C. The minimum atomic E-state index is -0.257. The third kappa shape index (κ3) is 2.12. The molecule has 3 nitrogen and oxygen atoms in total. The Labute approximate surface area is 124 Å². The van der Waals surface area contributed by atoms with Crippen molar-refractivity contribution in [3.05, 3.63) is 46.4 Å². The van der Waals surface area contributed by atoms with Crippen LogP contribution in [0, 0.1) is 5.82 Å². The molecule has 0 saturated carbocycles. The Hall–Kier alpha value is -1.75. The zero-order valence-corrected chi connectivity index (χ0v) is 12.8. The Kier molecular flexibility index (Phi) is 3.30. The summed E-state index contributed by atoms with van der Waals surface area (Å²) in [5.41, 5.74) is 2.69. The number of aromatic nitrogens is 3. The van der Waals surface area contributed by atoms with Gasteiger partial charge in [-0.1, -0.05) is 6.92 Å². The fourth-order valence-electron chi connectivity index (χ4n) is 2.27. The molecule has 2 heterocycles. The molecule has 0 bridgehead atoms. The molecule has 0 spiro atoms. The van der Waals surface area contributed by atoms with E-state index in [2.05, 4.69) is 32.8 Å². The normalized spacial score (nSPS) is 11.2. The van der Waals surface area contributed by atoms with Crippen LogP contribution in [0.25, 0.3) is 22.4 Å². The van der Waals surface area contributed by atoms with Crippen LogP contribution in [0.5, 0.6) is 0 Å². The molecule has 0 N–H and O–H groups in total. The highest BCUT2D eigenvalue weighted by Crippen LogP contribution is 2.29. The largest absolute Gasteiger partial charge is 0.334 e. The highest BCUT2D eigenvalue weighted by atomic mass is 79.9. The molecule has 0 amide bonds. The summed E-state index contributed by atoms with van der Waals surface area (Å²) in [7, 11) is 1.95. The first-order valence-corrected chi connectivity index (χ1v) is 7.17. The summed E-state index contributed by atoms with van der Waals surface area (Å²) in [6.07, 6.45) is 2.79. The van der Waals surface area contributed by atoms with Crippen molar-refractivity contribution in [1.29, 1.82) is 0 Å². The molecular weight excluding hydrogens is 321 g/mol. The molecule has 5 heteroatoms. The maximum atomic E-state index is 13.0. The Morgan fingerprint density at radius 1 is 1.20 bits per heavy atom. The summed E-state index contributed by atoms with van der Waals surface area (Å²) < 4.78 is 16.0. The Balaban J connectivity index is 2.27. The summed E-state index contributed by atoms with van der Waals surface area (Å²) in [4.78, 5) is 9.22. The second-order valence-electron chi connectivity index (χ2n) is 4.64. The smallest absolute Gasteiger partial charge is 0.161 e. The van der Waals surface area contributed by atoms with E-state index in [0.717, 1.165) is 33.2 Å². The lowest BCUT2D eigenvalue weighted by atomic mass is 10.2. The fraction of sp³-hybridized carbons (Fsp3) is 0.200. The first-order valence-electron chi connectivity index (χ1n) is 6.37. The van der Waals surface area contributed by atoms with Crippen LogP contribution >= 0.6 is 15.9 Å². The summed E-state index contributed by atoms with van der Waals surface area (Å²) >= 11 is 3.55. The highest BCUT2D eigenvalue weighted by molar-refractivity contribution is 9.10. The minimum Gasteiger partial charge on any atom is -0.334 e. The fourth-order valence-corrected chi connectivity index (χ4v) is 2.99. The van der Waals surface area contributed by atoms with Gasteiger partial charge in [-0.05, 0) is 46.6 Å². The number of hydrogen-bond donors (Lipinski definition) is 0. The van der Waals surface area contributed by atoms with Crippen molar-refractivity contribution in [2.45, 2.75) is 13.3 Å². The first kappa shape index (κ1) is 13.2. The first-order chi connectivity index (χ1) is 9.60. The van der Waals surface area contributed by atoms with Gasteiger partial charge in [-0.3, -0.25) is 0 Å². The number of hydrogen-bond acceptors (Lipinski definition) is 2. The van der Waals surface area contributed by atoms with Crippen LogP contribution in [0.1, 0.15) is 12.6 Å². The Morgan fingerprint density at radius 2 is 1.90 bits per heavy atom. The third-order valence-corrected chi connectivity index (χ3v) is 3.88. The molecule has 20 heavy (non-hydrogen) atoms. The second kappa shape index (κ2) is 4.98. The topological polar surface area (TPSA) is 30.7 Å². The van der Waals surface area contributed by atoms with Crippen LogP contribution in [0.15, 0.2) is 34.9 Å². The van der Waals surface area contributed by atoms with Crippen LogP contribution in [0.3, 0.4) is 0 Å². The average Bonchev–Trinajstić information content (AvgIpc) is 2.74. The maximum Gasteiger partial charge on any atom is 0.161 e. The van der Waals surface area contributed by atoms with Crippen molar-refractivity contribution in [1.82, 2.24) is 14.5 Å². The van der Waals surface area contributed by atoms with E-state index in [-0.39, 0.29) is 5.82 Å². The van der Waals surface area contributed by atoms with Gasteiger partial charge in [0.1, 0.15) is 11.5 Å². The molecule has 0 unspecified atom stereocenters. The summed E-state index contributed by atoms with van der Waals surface area (Å²) in [5.74, 6) is 0.371. The van der Waals surface area contributed by atoms with Gasteiger partial charge in [0.2, 0.25) is 0 Å². The summed E-state index contributed by atoms with van der Waals surface area (Å²) in [6.45, 7) is 2.07. The molecule has 0 radical (unpaired) electrons. The van der Waals surface area contributed by atoms with Crippen molar-refractivity contribution in [2.75, 3.05) is 0 Å². The average molecular weight is 334 g/mol. The van der Waals surface area contributed by atoms with Gasteiger partial charge in [0, 0.05) is 23.3 Å². The van der Waals surface area contributed by atoms with Gasteiger partial charge in [0.25, 0.3) is 0 Å². The van der Waals surface area contributed by atoms with Crippen molar-refractivity contribution >= 4 is 27.0 Å². The Bertz CT molecular complexity index is 778. The molecular formula is C15H13BrFN3. The maximum absolute atomic E-state index is 13.0. The standard InChI is InChI=1S/C15H13BrFN3/c1-3-12-13-11(16)8-20(2)15(13)19-14(18-12)9-4-6-10(17)7-5-9/h4-8H,3H2,1-2H3. The Morgan fingerprint density at radius 3 is 2.55 bits per heavy atom. The third-order valence-electron chi connectivity index (χ3n) is 3.28. The zero-order valence-electron chi connectivity index (χ0n) is 11.2. The van der Waals surface area contributed by atoms with E-state index in [1.807, 2.05) is 17.8 Å². The number of aryl methyl sites for hydroxylation is 2. The molecule has 0 aliphatic heterocycles. The number of nitrogens with zero attached hydrogens (tertiary/aromatic N) is 3. The number of rotatable bonds is 2. The number of benzene rings is 1. The predicted octanol–water partition coefficient (Wildman–Crippen LogP) is 4.10. The van der Waals surface area contributed by atoms with E-state index in [4.69, 9.17) is 0 Å². The minimum absolute atomic E-state index is 0.257. The zero-order chi connectivity index (χ0) is 14.3. The monoisotopic (exact) mass is 333 g/mol. The quantitative estimate of drug-likeness (QED) is 0.706. The van der Waals surface area contributed by atoms with Crippen molar-refractivity contribution in [3.63, 3.8) is 0 Å². The lowest BCUT2D eigenvalue weighted by molar-refractivity contribution is 0.628. The van der Waals surface area contributed by atoms with E-state index in [0.29, 0.717) is 5.82 Å². The lowest BCUT2D eigenvalue weighted by Gasteiger charge is -2.06. The number of halogens is 2. The van der Waals surface area contributed by atoms with E-state index >= 15 is 0 Å². The molecule has 0 aliphatic carbocycles. The van der Waals surface area contributed by atoms with Gasteiger partial charge in [0.15, 0.2) is 5.82 Å². The van der Waals surface area contributed by atoms with Gasteiger partial charge in [0.05, 0.1) is 11.1 Å². The van der Waals surface area contributed by atoms with Crippen molar-refractivity contribution < 1.29 is 4.39 Å². The van der Waals surface area contributed by atoms with Gasteiger partial charge >= 0.3 is 0 Å². The van der Waals surface area contributed by atoms with Crippen LogP contribution < -0.4 is 0 Å². The molecule has 0 fully saturated rings. The van der Waals surface area contributed by atoms with E-state index in [9.17, 15) is 4.39 Å². The molecule has 3 aromatic rings. The van der Waals surface area contributed by atoms with Gasteiger partial charge in [-0.25, -0.2) is 14.4 Å². The van der Waals surface area contributed by atoms with Gasteiger partial charge < -0.3 is 4.57 Å². The van der Waals surface area contributed by atoms with E-state index in [1.54, 1.807) is 12.1 Å². The van der Waals surface area contributed by atoms with Crippen molar-refractivity contribution in [3.8, 4) is 11.4 Å². The van der Waals surface area contributed by atoms with Crippen LogP contribution in [-0.2, 0) is 13.5 Å². The molecule has 0 saturated heterocycles. The van der Waals surface area contributed by atoms with Crippen LogP contribution in [0.4, 0.5) is 4.39 Å². The molecule has 102 valence electrons.